The lowest BCUT2D eigenvalue weighted by molar-refractivity contribution is 0.103. The van der Waals surface area contributed by atoms with Gasteiger partial charge < -0.3 is 15.2 Å². The van der Waals surface area contributed by atoms with Gasteiger partial charge >= 0.3 is 10.2 Å². The molecule has 1 aliphatic heterocycles. The molecule has 4 heterocycles. The second kappa shape index (κ2) is 10.5. The second-order valence-corrected chi connectivity index (χ2v) is 10.8. The number of pyridine rings is 2. The van der Waals surface area contributed by atoms with Crippen LogP contribution in [0, 0.1) is 5.82 Å². The number of H-pyrrole nitrogens is 1. The second-order valence-electron chi connectivity index (χ2n) is 8.98. The number of carbonyl (C=O) groups excluding carboxylic acids is 1. The van der Waals surface area contributed by atoms with Gasteiger partial charge in [0.05, 0.1) is 11.3 Å². The van der Waals surface area contributed by atoms with Crippen LogP contribution in [-0.2, 0) is 10.2 Å². The highest BCUT2D eigenvalue weighted by Crippen LogP contribution is 2.29. The summed E-state index contributed by atoms with van der Waals surface area (Å²) in [6.45, 7) is 5.48. The van der Waals surface area contributed by atoms with Gasteiger partial charge in [-0.05, 0) is 30.3 Å². The van der Waals surface area contributed by atoms with Gasteiger partial charge in [-0.2, -0.15) is 12.7 Å². The average Bonchev–Trinajstić information content (AvgIpc) is 3.37. The molecule has 198 valence electrons. The SMILES string of the molecule is CCN(C)S(=O)(=O)Nc1cccc(C(=O)c2c[nH]c3ncc(-c4ccc(N5CCNCC5)nc4)cc23)c1F. The first kappa shape index (κ1) is 25.8. The average molecular weight is 538 g/mol. The highest BCUT2D eigenvalue weighted by molar-refractivity contribution is 7.90. The van der Waals surface area contributed by atoms with E-state index >= 15 is 4.39 Å². The number of rotatable bonds is 8. The Hall–Kier alpha value is -3.87. The summed E-state index contributed by atoms with van der Waals surface area (Å²) in [5.74, 6) is -0.639. The van der Waals surface area contributed by atoms with E-state index in [2.05, 4.69) is 29.9 Å². The van der Waals surface area contributed by atoms with Crippen LogP contribution in [0.3, 0.4) is 0 Å². The number of aromatic amines is 1. The Kier molecular flexibility index (Phi) is 7.11. The molecule has 38 heavy (non-hydrogen) atoms. The molecule has 10 nitrogen and oxygen atoms in total. The third-order valence-corrected chi connectivity index (χ3v) is 8.19. The van der Waals surface area contributed by atoms with E-state index in [4.69, 9.17) is 0 Å². The van der Waals surface area contributed by atoms with Gasteiger partial charge in [-0.1, -0.05) is 13.0 Å². The normalized spacial score (nSPS) is 14.3. The highest BCUT2D eigenvalue weighted by Gasteiger charge is 2.24. The number of hydrogen-bond donors (Lipinski definition) is 3. The fraction of sp³-hybridized carbons (Fsp3) is 0.269. The summed E-state index contributed by atoms with van der Waals surface area (Å²) in [6.07, 6.45) is 4.95. The lowest BCUT2D eigenvalue weighted by Gasteiger charge is -2.28. The Morgan fingerprint density at radius 3 is 2.58 bits per heavy atom. The van der Waals surface area contributed by atoms with Gasteiger partial charge in [0.25, 0.3) is 0 Å². The van der Waals surface area contributed by atoms with E-state index in [9.17, 15) is 13.2 Å². The van der Waals surface area contributed by atoms with Crippen LogP contribution in [0.15, 0.2) is 55.0 Å². The van der Waals surface area contributed by atoms with Crippen molar-refractivity contribution >= 4 is 38.5 Å². The first-order valence-electron chi connectivity index (χ1n) is 12.2. The monoisotopic (exact) mass is 537 g/mol. The summed E-state index contributed by atoms with van der Waals surface area (Å²) in [5.41, 5.74) is 1.74. The molecule has 4 aromatic rings. The molecule has 0 aliphatic carbocycles. The van der Waals surface area contributed by atoms with Crippen molar-refractivity contribution in [2.45, 2.75) is 6.92 Å². The molecule has 1 aromatic carbocycles. The summed E-state index contributed by atoms with van der Waals surface area (Å²) in [5, 5.41) is 3.84. The lowest BCUT2D eigenvalue weighted by atomic mass is 10.0. The molecule has 3 aromatic heterocycles. The molecule has 0 radical (unpaired) electrons. The highest BCUT2D eigenvalue weighted by atomic mass is 32.2. The zero-order valence-corrected chi connectivity index (χ0v) is 21.8. The summed E-state index contributed by atoms with van der Waals surface area (Å²) in [6, 6.07) is 9.78. The zero-order chi connectivity index (χ0) is 26.9. The minimum atomic E-state index is -3.96. The van der Waals surface area contributed by atoms with Gasteiger partial charge in [-0.15, -0.1) is 0 Å². The Morgan fingerprint density at radius 1 is 1.11 bits per heavy atom. The van der Waals surface area contributed by atoms with Crippen molar-refractivity contribution in [2.24, 2.45) is 0 Å². The number of piperazine rings is 1. The molecule has 3 N–H and O–H groups in total. The van der Waals surface area contributed by atoms with Gasteiger partial charge in [-0.3, -0.25) is 9.52 Å². The maximum absolute atomic E-state index is 15.3. The van der Waals surface area contributed by atoms with Crippen LogP contribution in [0.1, 0.15) is 22.8 Å². The number of carbonyl (C=O) groups is 1. The number of aromatic nitrogens is 3. The van der Waals surface area contributed by atoms with Gasteiger partial charge in [-0.25, -0.2) is 14.4 Å². The first-order chi connectivity index (χ1) is 18.3. The van der Waals surface area contributed by atoms with E-state index in [1.165, 1.54) is 31.4 Å². The van der Waals surface area contributed by atoms with Gasteiger partial charge in [0.15, 0.2) is 11.6 Å². The van der Waals surface area contributed by atoms with E-state index in [0.717, 1.165) is 47.4 Å². The first-order valence-corrected chi connectivity index (χ1v) is 13.7. The third-order valence-electron chi connectivity index (χ3n) is 6.64. The summed E-state index contributed by atoms with van der Waals surface area (Å²) in [7, 11) is -2.58. The molecule has 0 unspecified atom stereocenters. The minimum Gasteiger partial charge on any atom is -0.354 e. The van der Waals surface area contributed by atoms with Crippen LogP contribution < -0.4 is 14.9 Å². The molecular weight excluding hydrogens is 509 g/mol. The Labute approximate surface area is 220 Å². The quantitative estimate of drug-likeness (QED) is 0.295. The topological polar surface area (TPSA) is 123 Å². The van der Waals surface area contributed by atoms with E-state index in [0.29, 0.717) is 11.0 Å². The lowest BCUT2D eigenvalue weighted by Crippen LogP contribution is -2.43. The third kappa shape index (κ3) is 4.97. The van der Waals surface area contributed by atoms with Crippen molar-refractivity contribution in [2.75, 3.05) is 49.4 Å². The number of benzene rings is 1. The van der Waals surface area contributed by atoms with E-state index in [1.54, 1.807) is 19.3 Å². The smallest absolute Gasteiger partial charge is 0.301 e. The van der Waals surface area contributed by atoms with Crippen molar-refractivity contribution in [3.63, 3.8) is 0 Å². The summed E-state index contributed by atoms with van der Waals surface area (Å²) >= 11 is 0. The number of ketones is 1. The fourth-order valence-electron chi connectivity index (χ4n) is 4.30. The minimum absolute atomic E-state index is 0.203. The number of fused-ring (bicyclic) bond motifs is 1. The predicted molar refractivity (Wildman–Crippen MR) is 145 cm³/mol. The maximum atomic E-state index is 15.3. The van der Waals surface area contributed by atoms with Crippen LogP contribution >= 0.6 is 0 Å². The van der Waals surface area contributed by atoms with Crippen LogP contribution in [0.5, 0.6) is 0 Å². The molecule has 0 amide bonds. The molecule has 1 aliphatic rings. The molecular formula is C26H28FN7O3S. The molecule has 0 atom stereocenters. The number of anilines is 2. The largest absolute Gasteiger partial charge is 0.354 e. The van der Waals surface area contributed by atoms with Gasteiger partial charge in [0.1, 0.15) is 11.5 Å². The van der Waals surface area contributed by atoms with E-state index in [-0.39, 0.29) is 23.4 Å². The van der Waals surface area contributed by atoms with Crippen molar-refractivity contribution in [3.8, 4) is 11.1 Å². The van der Waals surface area contributed by atoms with Crippen LogP contribution in [0.2, 0.25) is 0 Å². The molecule has 5 rings (SSSR count). The predicted octanol–water partition coefficient (Wildman–Crippen LogP) is 3.01. The number of nitrogens with one attached hydrogen (secondary N) is 3. The van der Waals surface area contributed by atoms with Crippen LogP contribution in [0.25, 0.3) is 22.2 Å². The number of nitrogens with zero attached hydrogens (tertiary/aromatic N) is 4. The fourth-order valence-corrected chi connectivity index (χ4v) is 5.24. The Balaban J connectivity index is 1.45. The van der Waals surface area contributed by atoms with E-state index < -0.39 is 21.8 Å². The van der Waals surface area contributed by atoms with Crippen molar-refractivity contribution in [1.29, 1.82) is 0 Å². The van der Waals surface area contributed by atoms with Gasteiger partial charge in [0.2, 0.25) is 0 Å². The molecule has 0 saturated carbocycles. The molecule has 0 bridgehead atoms. The summed E-state index contributed by atoms with van der Waals surface area (Å²) in [4.78, 5) is 27.6. The standard InChI is InChI=1S/C26H28FN7O3S/c1-3-33(2)38(36,37)32-22-6-4-5-19(24(22)27)25(35)21-16-31-26-20(21)13-18(15-30-26)17-7-8-23(29-14-17)34-11-9-28-10-12-34/h4-8,13-16,28,32H,3,9-12H2,1-2H3,(H,30,31). The molecule has 1 saturated heterocycles. The van der Waals surface area contributed by atoms with Crippen LogP contribution in [-0.4, -0.2) is 73.2 Å². The number of hydrogen-bond acceptors (Lipinski definition) is 7. The van der Waals surface area contributed by atoms with E-state index in [1.807, 2.05) is 18.2 Å². The van der Waals surface area contributed by atoms with Gasteiger partial charge in [0, 0.05) is 80.4 Å². The van der Waals surface area contributed by atoms with Crippen molar-refractivity contribution in [1.82, 2.24) is 24.6 Å². The van der Waals surface area contributed by atoms with Crippen molar-refractivity contribution < 1.29 is 17.6 Å². The molecule has 0 spiro atoms. The Bertz CT molecular complexity index is 1580. The summed E-state index contributed by atoms with van der Waals surface area (Å²) < 4.78 is 43.4. The van der Waals surface area contributed by atoms with Crippen LogP contribution in [0.4, 0.5) is 15.9 Å². The molecule has 12 heteroatoms. The maximum Gasteiger partial charge on any atom is 0.301 e. The zero-order valence-electron chi connectivity index (χ0n) is 21.0. The Morgan fingerprint density at radius 2 is 1.87 bits per heavy atom. The molecule has 1 fully saturated rings. The van der Waals surface area contributed by atoms with Crippen molar-refractivity contribution in [3.05, 3.63) is 71.9 Å². The number of halogens is 1.